The van der Waals surface area contributed by atoms with Crippen molar-refractivity contribution in [2.24, 2.45) is 22.7 Å². The van der Waals surface area contributed by atoms with Crippen molar-refractivity contribution in [2.45, 2.75) is 6.92 Å². The van der Waals surface area contributed by atoms with Crippen LogP contribution in [0.2, 0.25) is 0 Å². The molecule has 0 radical (unpaired) electrons. The van der Waals surface area contributed by atoms with Gasteiger partial charge in [-0.1, -0.05) is 6.92 Å². The lowest BCUT2D eigenvalue weighted by atomic mass is 9.58. The molecule has 7 nitrogen and oxygen atoms in total. The van der Waals surface area contributed by atoms with Gasteiger partial charge in [0.2, 0.25) is 0 Å². The molecular formula is C12H26O7. The van der Waals surface area contributed by atoms with E-state index < -0.39 is 68.9 Å². The number of aliphatic hydroxyl groups is 7. The van der Waals surface area contributed by atoms with E-state index in [1.165, 1.54) is 6.92 Å². The predicted molar refractivity (Wildman–Crippen MR) is 67.1 cm³/mol. The van der Waals surface area contributed by atoms with E-state index >= 15 is 0 Å². The van der Waals surface area contributed by atoms with Crippen LogP contribution in [-0.4, -0.2) is 82.0 Å². The van der Waals surface area contributed by atoms with Gasteiger partial charge in [-0.25, -0.2) is 0 Å². The topological polar surface area (TPSA) is 142 Å². The molecule has 0 aromatic rings. The zero-order valence-corrected chi connectivity index (χ0v) is 11.2. The van der Waals surface area contributed by atoms with Gasteiger partial charge >= 0.3 is 0 Å². The Kier molecular flexibility index (Phi) is 7.99. The van der Waals surface area contributed by atoms with Gasteiger partial charge in [0.05, 0.1) is 26.4 Å². The summed E-state index contributed by atoms with van der Waals surface area (Å²) < 4.78 is 0. The molecule has 19 heavy (non-hydrogen) atoms. The number of aliphatic hydroxyl groups excluding tert-OH is 7. The smallest absolute Gasteiger partial charge is 0.0517 e. The molecule has 1 atom stereocenters. The molecule has 0 aliphatic rings. The van der Waals surface area contributed by atoms with Gasteiger partial charge in [0.25, 0.3) is 0 Å². The first kappa shape index (κ1) is 18.7. The Labute approximate surface area is 112 Å². The van der Waals surface area contributed by atoms with Crippen molar-refractivity contribution >= 4 is 0 Å². The summed E-state index contributed by atoms with van der Waals surface area (Å²) >= 11 is 0. The van der Waals surface area contributed by atoms with E-state index in [9.17, 15) is 35.7 Å². The maximum absolute atomic E-state index is 9.61. The summed E-state index contributed by atoms with van der Waals surface area (Å²) in [6, 6.07) is 0. The summed E-state index contributed by atoms with van der Waals surface area (Å²) in [6.45, 7) is -2.16. The standard InChI is InChI=1S/C12H26O7/c1-11(5-16,6-17)10(4-15)12(7-18,8-19)9(2-13)3-14/h9-10,13-19H,2-8H2,1H3. The molecule has 0 aromatic heterocycles. The molecular weight excluding hydrogens is 256 g/mol. The highest BCUT2D eigenvalue weighted by Gasteiger charge is 2.51. The Hall–Kier alpha value is -0.280. The van der Waals surface area contributed by atoms with Gasteiger partial charge < -0.3 is 35.7 Å². The van der Waals surface area contributed by atoms with Crippen LogP contribution < -0.4 is 0 Å². The summed E-state index contributed by atoms with van der Waals surface area (Å²) in [5.74, 6) is -1.77. The van der Waals surface area contributed by atoms with Crippen LogP contribution in [0.5, 0.6) is 0 Å². The van der Waals surface area contributed by atoms with Crippen molar-refractivity contribution in [1.29, 1.82) is 0 Å². The largest absolute Gasteiger partial charge is 0.396 e. The van der Waals surface area contributed by atoms with Crippen LogP contribution in [0, 0.1) is 22.7 Å². The summed E-state index contributed by atoms with van der Waals surface area (Å²) in [5, 5.41) is 66.2. The summed E-state index contributed by atoms with van der Waals surface area (Å²) in [5.41, 5.74) is -2.57. The zero-order chi connectivity index (χ0) is 15.1. The third-order valence-corrected chi connectivity index (χ3v) is 4.28. The van der Waals surface area contributed by atoms with E-state index in [0.717, 1.165) is 0 Å². The zero-order valence-electron chi connectivity index (χ0n) is 11.2. The molecule has 0 saturated heterocycles. The average Bonchev–Trinajstić information content (AvgIpc) is 2.46. The third-order valence-electron chi connectivity index (χ3n) is 4.28. The first-order valence-electron chi connectivity index (χ1n) is 6.22. The van der Waals surface area contributed by atoms with E-state index in [0.29, 0.717) is 0 Å². The lowest BCUT2D eigenvalue weighted by Gasteiger charge is -2.49. The predicted octanol–water partition coefficient (Wildman–Crippen LogP) is -2.84. The van der Waals surface area contributed by atoms with E-state index in [1.54, 1.807) is 0 Å². The SMILES string of the molecule is CC(CO)(CO)C(CO)C(CO)(CO)C(CO)CO. The minimum atomic E-state index is -1.40. The fourth-order valence-corrected chi connectivity index (χ4v) is 2.60. The molecule has 0 aromatic carbocycles. The van der Waals surface area contributed by atoms with Gasteiger partial charge in [0, 0.05) is 42.5 Å². The number of hydrogen-bond donors (Lipinski definition) is 7. The molecule has 0 spiro atoms. The Balaban J connectivity index is 5.67. The van der Waals surface area contributed by atoms with Crippen molar-refractivity contribution in [3.05, 3.63) is 0 Å². The van der Waals surface area contributed by atoms with Crippen LogP contribution in [0.1, 0.15) is 6.92 Å². The maximum atomic E-state index is 9.61. The lowest BCUT2D eigenvalue weighted by molar-refractivity contribution is -0.148. The Morgan fingerprint density at radius 1 is 0.684 bits per heavy atom. The summed E-state index contributed by atoms with van der Waals surface area (Å²) in [4.78, 5) is 0. The van der Waals surface area contributed by atoms with E-state index in [1.807, 2.05) is 0 Å². The van der Waals surface area contributed by atoms with Crippen molar-refractivity contribution in [2.75, 3.05) is 46.2 Å². The van der Waals surface area contributed by atoms with Crippen LogP contribution in [-0.2, 0) is 0 Å². The highest BCUT2D eigenvalue weighted by atomic mass is 16.3. The molecule has 0 bridgehead atoms. The Bertz CT molecular complexity index is 234. The minimum absolute atomic E-state index is 0.472. The second-order valence-corrected chi connectivity index (χ2v) is 5.32. The molecule has 0 rings (SSSR count). The average molecular weight is 282 g/mol. The molecule has 116 valence electrons. The second kappa shape index (κ2) is 8.11. The van der Waals surface area contributed by atoms with E-state index in [-0.39, 0.29) is 0 Å². The lowest BCUT2D eigenvalue weighted by Crippen LogP contribution is -2.56. The third kappa shape index (κ3) is 3.43. The fourth-order valence-electron chi connectivity index (χ4n) is 2.60. The highest BCUT2D eigenvalue weighted by molar-refractivity contribution is 4.98. The first-order chi connectivity index (χ1) is 8.95. The van der Waals surface area contributed by atoms with Crippen molar-refractivity contribution in [3.63, 3.8) is 0 Å². The van der Waals surface area contributed by atoms with Crippen LogP contribution in [0.25, 0.3) is 0 Å². The van der Waals surface area contributed by atoms with Gasteiger partial charge in [-0.3, -0.25) is 0 Å². The van der Waals surface area contributed by atoms with Gasteiger partial charge in [0.15, 0.2) is 0 Å². The van der Waals surface area contributed by atoms with Crippen LogP contribution in [0.15, 0.2) is 0 Å². The summed E-state index contributed by atoms with van der Waals surface area (Å²) in [7, 11) is 0. The van der Waals surface area contributed by atoms with Gasteiger partial charge in [0.1, 0.15) is 0 Å². The highest BCUT2D eigenvalue weighted by Crippen LogP contribution is 2.44. The maximum Gasteiger partial charge on any atom is 0.0517 e. The molecule has 7 N–H and O–H groups in total. The molecule has 0 heterocycles. The molecule has 1 unspecified atom stereocenters. The second-order valence-electron chi connectivity index (χ2n) is 5.32. The van der Waals surface area contributed by atoms with Crippen LogP contribution in [0.3, 0.4) is 0 Å². The Morgan fingerprint density at radius 3 is 1.32 bits per heavy atom. The minimum Gasteiger partial charge on any atom is -0.396 e. The molecule has 0 fully saturated rings. The quantitative estimate of drug-likeness (QED) is 0.229. The molecule has 0 aliphatic carbocycles. The van der Waals surface area contributed by atoms with Gasteiger partial charge in [-0.15, -0.1) is 0 Å². The van der Waals surface area contributed by atoms with Crippen molar-refractivity contribution in [3.8, 4) is 0 Å². The van der Waals surface area contributed by atoms with Crippen LogP contribution in [0.4, 0.5) is 0 Å². The van der Waals surface area contributed by atoms with E-state index in [4.69, 9.17) is 0 Å². The molecule has 0 aliphatic heterocycles. The van der Waals surface area contributed by atoms with Crippen LogP contribution >= 0.6 is 0 Å². The molecule has 7 heteroatoms. The number of rotatable bonds is 10. The Morgan fingerprint density at radius 2 is 1.11 bits per heavy atom. The summed E-state index contributed by atoms with van der Waals surface area (Å²) in [6.07, 6.45) is 0. The van der Waals surface area contributed by atoms with Gasteiger partial charge in [-0.05, 0) is 0 Å². The number of hydrogen-bond acceptors (Lipinski definition) is 7. The van der Waals surface area contributed by atoms with E-state index in [2.05, 4.69) is 0 Å². The first-order valence-corrected chi connectivity index (χ1v) is 6.22. The fraction of sp³-hybridized carbons (Fsp3) is 1.00. The monoisotopic (exact) mass is 282 g/mol. The van der Waals surface area contributed by atoms with Crippen molar-refractivity contribution in [1.82, 2.24) is 0 Å². The molecule has 0 saturated carbocycles. The van der Waals surface area contributed by atoms with Gasteiger partial charge in [-0.2, -0.15) is 0 Å². The normalized spacial score (nSPS) is 15.0. The van der Waals surface area contributed by atoms with Crippen molar-refractivity contribution < 1.29 is 35.7 Å². The molecule has 0 amide bonds.